The van der Waals surface area contributed by atoms with E-state index in [4.69, 9.17) is 14.2 Å². The van der Waals surface area contributed by atoms with Crippen molar-refractivity contribution in [2.75, 3.05) is 32.7 Å². The molecular weight excluding hydrogens is 432 g/mol. The molecule has 0 aromatic heterocycles. The van der Waals surface area contributed by atoms with Gasteiger partial charge in [0.25, 0.3) is 11.8 Å². The van der Waals surface area contributed by atoms with E-state index in [-0.39, 0.29) is 6.54 Å². The fourth-order valence-electron chi connectivity index (χ4n) is 2.15. The van der Waals surface area contributed by atoms with Crippen LogP contribution in [-0.2, 0) is 14.3 Å². The van der Waals surface area contributed by atoms with E-state index < -0.39 is 24.4 Å². The van der Waals surface area contributed by atoms with Gasteiger partial charge >= 0.3 is 5.97 Å². The van der Waals surface area contributed by atoms with Crippen LogP contribution in [0.5, 0.6) is 11.5 Å². The Labute approximate surface area is 170 Å². The first-order valence-electron chi connectivity index (χ1n) is 8.14. The fourth-order valence-corrected chi connectivity index (χ4v) is 2.42. The Morgan fingerprint density at radius 3 is 2.36 bits per heavy atom. The first kappa shape index (κ1) is 21.2. The number of methoxy groups -OCH3 is 2. The highest BCUT2D eigenvalue weighted by atomic mass is 79.9. The van der Waals surface area contributed by atoms with E-state index in [1.807, 2.05) is 0 Å². The number of benzene rings is 2. The zero-order chi connectivity index (χ0) is 20.5. The molecule has 0 aliphatic rings. The maximum Gasteiger partial charge on any atom is 0.325 e. The first-order chi connectivity index (χ1) is 13.4. The van der Waals surface area contributed by atoms with Crippen LogP contribution in [0, 0.1) is 0 Å². The summed E-state index contributed by atoms with van der Waals surface area (Å²) in [6.45, 7) is -0.863. The van der Waals surface area contributed by atoms with Crippen LogP contribution >= 0.6 is 15.9 Å². The smallest absolute Gasteiger partial charge is 0.325 e. The third-order valence-electron chi connectivity index (χ3n) is 3.54. The van der Waals surface area contributed by atoms with Gasteiger partial charge in [-0.3, -0.25) is 14.4 Å². The molecule has 9 heteroatoms. The molecule has 2 N–H and O–H groups in total. The van der Waals surface area contributed by atoms with Crippen molar-refractivity contribution in [3.8, 4) is 11.5 Å². The van der Waals surface area contributed by atoms with Gasteiger partial charge in [0.1, 0.15) is 18.0 Å². The molecule has 148 valence electrons. The molecule has 0 saturated carbocycles. The molecule has 0 aliphatic heterocycles. The van der Waals surface area contributed by atoms with E-state index in [0.29, 0.717) is 22.7 Å². The molecule has 0 aliphatic carbocycles. The molecule has 0 fully saturated rings. The van der Waals surface area contributed by atoms with Gasteiger partial charge in [-0.25, -0.2) is 0 Å². The van der Waals surface area contributed by atoms with Gasteiger partial charge < -0.3 is 24.8 Å². The van der Waals surface area contributed by atoms with Crippen molar-refractivity contribution in [3.63, 3.8) is 0 Å². The molecular formula is C19H19BrN2O6. The van der Waals surface area contributed by atoms with E-state index in [0.717, 1.165) is 4.47 Å². The SMILES string of the molecule is COc1ccc(OC)c(NC(=O)COC(=O)CNC(=O)c2ccc(Br)cc2)c1. The molecule has 0 atom stereocenters. The molecule has 0 saturated heterocycles. The number of ether oxygens (including phenoxy) is 3. The molecule has 0 radical (unpaired) electrons. The van der Waals surface area contributed by atoms with Crippen molar-refractivity contribution in [1.82, 2.24) is 5.32 Å². The molecule has 2 rings (SSSR count). The summed E-state index contributed by atoms with van der Waals surface area (Å²) in [5.41, 5.74) is 0.783. The highest BCUT2D eigenvalue weighted by molar-refractivity contribution is 9.10. The maximum atomic E-state index is 12.0. The van der Waals surface area contributed by atoms with Crippen molar-refractivity contribution in [3.05, 3.63) is 52.5 Å². The topological polar surface area (TPSA) is 103 Å². The number of carbonyl (C=O) groups excluding carboxylic acids is 3. The predicted molar refractivity (Wildman–Crippen MR) is 106 cm³/mol. The van der Waals surface area contributed by atoms with Gasteiger partial charge in [0.05, 0.1) is 19.9 Å². The molecule has 0 unspecified atom stereocenters. The summed E-state index contributed by atoms with van der Waals surface area (Å²) >= 11 is 3.27. The van der Waals surface area contributed by atoms with Crippen LogP contribution in [0.25, 0.3) is 0 Å². The summed E-state index contributed by atoms with van der Waals surface area (Å²) in [5.74, 6) is -0.752. The van der Waals surface area contributed by atoms with Gasteiger partial charge in [-0.15, -0.1) is 0 Å². The van der Waals surface area contributed by atoms with Gasteiger partial charge in [-0.05, 0) is 36.4 Å². The predicted octanol–water partition coefficient (Wildman–Crippen LogP) is 2.38. The lowest BCUT2D eigenvalue weighted by Gasteiger charge is -2.12. The molecule has 0 spiro atoms. The molecule has 0 heterocycles. The minimum Gasteiger partial charge on any atom is -0.497 e. The summed E-state index contributed by atoms with van der Waals surface area (Å²) in [6, 6.07) is 11.5. The number of amides is 2. The first-order valence-corrected chi connectivity index (χ1v) is 8.93. The van der Waals surface area contributed by atoms with Crippen molar-refractivity contribution >= 4 is 39.4 Å². The molecule has 2 amide bonds. The monoisotopic (exact) mass is 450 g/mol. The average molecular weight is 451 g/mol. The van der Waals surface area contributed by atoms with Crippen LogP contribution in [0.15, 0.2) is 46.9 Å². The lowest BCUT2D eigenvalue weighted by molar-refractivity contribution is -0.146. The van der Waals surface area contributed by atoms with Gasteiger partial charge in [0.15, 0.2) is 6.61 Å². The second-order valence-electron chi connectivity index (χ2n) is 5.46. The quantitative estimate of drug-likeness (QED) is 0.598. The van der Waals surface area contributed by atoms with Crippen molar-refractivity contribution in [2.24, 2.45) is 0 Å². The Balaban J connectivity index is 1.80. The van der Waals surface area contributed by atoms with Crippen LogP contribution < -0.4 is 20.1 Å². The number of esters is 1. The Bertz CT molecular complexity index is 854. The van der Waals surface area contributed by atoms with E-state index >= 15 is 0 Å². The van der Waals surface area contributed by atoms with E-state index in [1.54, 1.807) is 42.5 Å². The minimum absolute atomic E-state index is 0.356. The van der Waals surface area contributed by atoms with Crippen LogP contribution in [0.2, 0.25) is 0 Å². The number of anilines is 1. The number of rotatable bonds is 8. The second kappa shape index (κ2) is 10.3. The largest absolute Gasteiger partial charge is 0.497 e. The van der Waals surface area contributed by atoms with Crippen LogP contribution in [0.3, 0.4) is 0 Å². The highest BCUT2D eigenvalue weighted by Crippen LogP contribution is 2.28. The summed E-state index contributed by atoms with van der Waals surface area (Å²) in [7, 11) is 2.96. The maximum absolute atomic E-state index is 12.0. The minimum atomic E-state index is -0.738. The number of hydrogen-bond acceptors (Lipinski definition) is 6. The number of nitrogens with one attached hydrogen (secondary N) is 2. The molecule has 0 bridgehead atoms. The van der Waals surface area contributed by atoms with Gasteiger partial charge in [0, 0.05) is 16.1 Å². The number of hydrogen-bond donors (Lipinski definition) is 2. The summed E-state index contributed by atoms with van der Waals surface area (Å²) in [4.78, 5) is 35.7. The lowest BCUT2D eigenvalue weighted by atomic mass is 10.2. The Morgan fingerprint density at radius 1 is 1.00 bits per heavy atom. The fraction of sp³-hybridized carbons (Fsp3) is 0.211. The third kappa shape index (κ3) is 6.27. The zero-order valence-electron chi connectivity index (χ0n) is 15.3. The van der Waals surface area contributed by atoms with Gasteiger partial charge in [-0.1, -0.05) is 15.9 Å². The van der Waals surface area contributed by atoms with Crippen LogP contribution in [0.1, 0.15) is 10.4 Å². The second-order valence-corrected chi connectivity index (χ2v) is 6.38. The highest BCUT2D eigenvalue weighted by Gasteiger charge is 2.13. The lowest BCUT2D eigenvalue weighted by Crippen LogP contribution is -2.32. The summed E-state index contributed by atoms with van der Waals surface area (Å²) in [5, 5.41) is 5.00. The van der Waals surface area contributed by atoms with E-state index in [2.05, 4.69) is 26.6 Å². The number of carbonyl (C=O) groups is 3. The van der Waals surface area contributed by atoms with Crippen LogP contribution in [0.4, 0.5) is 5.69 Å². The Kier molecular flexibility index (Phi) is 7.82. The van der Waals surface area contributed by atoms with E-state index in [9.17, 15) is 14.4 Å². The zero-order valence-corrected chi connectivity index (χ0v) is 16.9. The van der Waals surface area contributed by atoms with E-state index in [1.165, 1.54) is 14.2 Å². The summed E-state index contributed by atoms with van der Waals surface area (Å²) < 4.78 is 16.0. The summed E-state index contributed by atoms with van der Waals surface area (Å²) in [6.07, 6.45) is 0. The van der Waals surface area contributed by atoms with Crippen molar-refractivity contribution in [1.29, 1.82) is 0 Å². The van der Waals surface area contributed by atoms with Gasteiger partial charge in [0.2, 0.25) is 0 Å². The molecule has 8 nitrogen and oxygen atoms in total. The van der Waals surface area contributed by atoms with Crippen molar-refractivity contribution in [2.45, 2.75) is 0 Å². The number of halogens is 1. The van der Waals surface area contributed by atoms with Gasteiger partial charge in [-0.2, -0.15) is 0 Å². The van der Waals surface area contributed by atoms with Crippen LogP contribution in [-0.4, -0.2) is 45.2 Å². The Hall–Kier alpha value is -3.07. The standard InChI is InChI=1S/C19H19BrN2O6/c1-26-14-7-8-16(27-2)15(9-14)22-17(23)11-28-18(24)10-21-19(25)12-3-5-13(20)6-4-12/h3-9H,10-11H2,1-2H3,(H,21,25)(H,22,23). The molecule has 2 aromatic carbocycles. The molecule has 28 heavy (non-hydrogen) atoms. The Morgan fingerprint density at radius 2 is 1.71 bits per heavy atom. The average Bonchev–Trinajstić information content (AvgIpc) is 2.70. The molecule has 2 aromatic rings. The third-order valence-corrected chi connectivity index (χ3v) is 4.07. The normalized spacial score (nSPS) is 9.96. The van der Waals surface area contributed by atoms with Crippen molar-refractivity contribution < 1.29 is 28.6 Å².